The van der Waals surface area contributed by atoms with Crippen LogP contribution in [0.25, 0.3) is 12.2 Å². The number of rotatable bonds is 4. The molecular weight excluding hydrogens is 387 g/mol. The van der Waals surface area contributed by atoms with Gasteiger partial charge in [-0.15, -0.1) is 0 Å². The molecule has 0 radical (unpaired) electrons. The monoisotopic (exact) mass is 414 g/mol. The van der Waals surface area contributed by atoms with Crippen molar-refractivity contribution < 1.29 is 19.0 Å². The molecule has 1 unspecified atom stereocenters. The second kappa shape index (κ2) is 9.21. The first-order valence-electron chi connectivity index (χ1n) is 9.86. The van der Waals surface area contributed by atoms with Gasteiger partial charge < -0.3 is 19.6 Å². The zero-order chi connectivity index (χ0) is 21.7. The number of benzene rings is 1. The Balaban J connectivity index is 1.64. The van der Waals surface area contributed by atoms with Crippen molar-refractivity contribution in [2.45, 2.75) is 32.4 Å². The summed E-state index contributed by atoms with van der Waals surface area (Å²) in [7, 11) is 0. The van der Waals surface area contributed by atoms with Crippen molar-refractivity contribution in [3.8, 4) is 0 Å². The molecule has 1 fully saturated rings. The van der Waals surface area contributed by atoms with Crippen LogP contribution in [0.1, 0.15) is 31.9 Å². The Hall–Kier alpha value is -3.00. The van der Waals surface area contributed by atoms with Crippen LogP contribution in [0.15, 0.2) is 36.7 Å². The zero-order valence-electron chi connectivity index (χ0n) is 17.5. The number of aliphatic hydroxyl groups excluding tert-OH is 1. The molecule has 1 amide bonds. The van der Waals surface area contributed by atoms with Gasteiger partial charge in [0.15, 0.2) is 0 Å². The average Bonchev–Trinajstić information content (AvgIpc) is 2.72. The highest BCUT2D eigenvalue weighted by atomic mass is 19.1. The quantitative estimate of drug-likeness (QED) is 0.828. The molecular formula is C22H27FN4O3. The summed E-state index contributed by atoms with van der Waals surface area (Å²) in [6, 6.07) is 5.89. The molecule has 2 aromatic rings. The zero-order valence-corrected chi connectivity index (χ0v) is 17.5. The Morgan fingerprint density at radius 2 is 1.80 bits per heavy atom. The molecule has 0 saturated carbocycles. The van der Waals surface area contributed by atoms with Gasteiger partial charge in [0.25, 0.3) is 0 Å². The normalized spacial score (nSPS) is 17.4. The summed E-state index contributed by atoms with van der Waals surface area (Å²) in [6.45, 7) is 6.63. The molecule has 30 heavy (non-hydrogen) atoms. The van der Waals surface area contributed by atoms with Gasteiger partial charge in [0.2, 0.25) is 5.95 Å². The molecule has 7 nitrogen and oxygen atoms in total. The lowest BCUT2D eigenvalue weighted by molar-refractivity contribution is 0.0196. The second-order valence-corrected chi connectivity index (χ2v) is 8.16. The van der Waals surface area contributed by atoms with Crippen molar-refractivity contribution in [1.82, 2.24) is 14.9 Å². The number of carbonyl (C=O) groups excluding carboxylic acids is 1. The van der Waals surface area contributed by atoms with E-state index in [0.29, 0.717) is 25.6 Å². The SMILES string of the molecule is CC(C)(C)OC(=O)N1CCN(c2ncc(C=Cc3ccc(F)cc3)cn2)C(CO)C1. The Morgan fingerprint density at radius 3 is 2.40 bits per heavy atom. The van der Waals surface area contributed by atoms with E-state index in [1.165, 1.54) is 12.1 Å². The van der Waals surface area contributed by atoms with E-state index in [9.17, 15) is 14.3 Å². The van der Waals surface area contributed by atoms with E-state index < -0.39 is 5.60 Å². The number of hydrogen-bond acceptors (Lipinski definition) is 6. The number of piperazine rings is 1. The molecule has 0 spiro atoms. The first kappa shape index (κ1) is 21.7. The van der Waals surface area contributed by atoms with Crippen LogP contribution in [0.3, 0.4) is 0 Å². The minimum atomic E-state index is -0.566. The largest absolute Gasteiger partial charge is 0.444 e. The molecule has 1 saturated heterocycles. The number of carbonyl (C=O) groups is 1. The number of halogens is 1. The number of anilines is 1. The third kappa shape index (κ3) is 5.76. The molecule has 1 aromatic carbocycles. The summed E-state index contributed by atoms with van der Waals surface area (Å²) in [5, 5.41) is 9.83. The van der Waals surface area contributed by atoms with Crippen LogP contribution < -0.4 is 4.90 Å². The van der Waals surface area contributed by atoms with Crippen LogP contribution in [0.5, 0.6) is 0 Å². The predicted octanol–water partition coefficient (Wildman–Crippen LogP) is 3.20. The van der Waals surface area contributed by atoms with E-state index in [-0.39, 0.29) is 24.6 Å². The van der Waals surface area contributed by atoms with Gasteiger partial charge in [-0.25, -0.2) is 19.2 Å². The fourth-order valence-electron chi connectivity index (χ4n) is 3.10. The number of amides is 1. The van der Waals surface area contributed by atoms with Gasteiger partial charge in [-0.3, -0.25) is 0 Å². The molecule has 160 valence electrons. The molecule has 8 heteroatoms. The van der Waals surface area contributed by atoms with Crippen molar-refractivity contribution in [3.63, 3.8) is 0 Å². The fraction of sp³-hybridized carbons (Fsp3) is 0.409. The summed E-state index contributed by atoms with van der Waals surface area (Å²) in [4.78, 5) is 24.6. The lowest BCUT2D eigenvalue weighted by atomic mass is 10.1. The minimum absolute atomic E-state index is 0.130. The number of aromatic nitrogens is 2. The molecule has 1 atom stereocenters. The maximum absolute atomic E-state index is 13.0. The van der Waals surface area contributed by atoms with Gasteiger partial charge in [-0.05, 0) is 38.5 Å². The average molecular weight is 414 g/mol. The van der Waals surface area contributed by atoms with Gasteiger partial charge in [0, 0.05) is 37.6 Å². The summed E-state index contributed by atoms with van der Waals surface area (Å²) in [5.74, 6) is 0.224. The van der Waals surface area contributed by atoms with Crippen LogP contribution in [0.4, 0.5) is 15.1 Å². The Morgan fingerprint density at radius 1 is 1.17 bits per heavy atom. The van der Waals surface area contributed by atoms with E-state index in [1.54, 1.807) is 29.4 Å². The minimum Gasteiger partial charge on any atom is -0.444 e. The molecule has 1 aromatic heterocycles. The molecule has 2 heterocycles. The Labute approximate surface area is 175 Å². The molecule has 0 aliphatic carbocycles. The van der Waals surface area contributed by atoms with E-state index in [1.807, 2.05) is 37.8 Å². The highest BCUT2D eigenvalue weighted by Crippen LogP contribution is 2.19. The highest BCUT2D eigenvalue weighted by molar-refractivity contribution is 5.69. The van der Waals surface area contributed by atoms with Crippen molar-refractivity contribution in [2.75, 3.05) is 31.1 Å². The van der Waals surface area contributed by atoms with E-state index in [2.05, 4.69) is 9.97 Å². The third-order valence-electron chi connectivity index (χ3n) is 4.60. The summed E-state index contributed by atoms with van der Waals surface area (Å²) in [5.41, 5.74) is 1.11. The van der Waals surface area contributed by atoms with Gasteiger partial charge >= 0.3 is 6.09 Å². The van der Waals surface area contributed by atoms with Gasteiger partial charge in [-0.2, -0.15) is 0 Å². The first-order chi connectivity index (χ1) is 14.2. The molecule has 1 aliphatic heterocycles. The summed E-state index contributed by atoms with van der Waals surface area (Å²) >= 11 is 0. The number of nitrogens with zero attached hydrogens (tertiary/aromatic N) is 4. The number of ether oxygens (including phenoxy) is 1. The van der Waals surface area contributed by atoms with E-state index in [0.717, 1.165) is 11.1 Å². The lowest BCUT2D eigenvalue weighted by Crippen LogP contribution is -2.57. The standard InChI is InChI=1S/C22H27FN4O3/c1-22(2,3)30-21(29)26-10-11-27(19(14-26)15-28)20-24-12-17(13-25-20)5-4-16-6-8-18(23)9-7-16/h4-9,12-13,19,28H,10-11,14-15H2,1-3H3. The molecule has 0 bridgehead atoms. The first-order valence-corrected chi connectivity index (χ1v) is 9.86. The van der Waals surface area contributed by atoms with E-state index >= 15 is 0 Å². The van der Waals surface area contributed by atoms with E-state index in [4.69, 9.17) is 4.74 Å². The number of hydrogen-bond donors (Lipinski definition) is 1. The third-order valence-corrected chi connectivity index (χ3v) is 4.60. The Kier molecular flexibility index (Phi) is 6.66. The van der Waals surface area contributed by atoms with Gasteiger partial charge in [0.05, 0.1) is 12.6 Å². The second-order valence-electron chi connectivity index (χ2n) is 8.16. The Bertz CT molecular complexity index is 879. The topological polar surface area (TPSA) is 78.8 Å². The smallest absolute Gasteiger partial charge is 0.410 e. The molecule has 3 rings (SSSR count). The molecule has 1 aliphatic rings. The van der Waals surface area contributed by atoms with Crippen LogP contribution in [-0.4, -0.2) is 64.0 Å². The van der Waals surface area contributed by atoms with Crippen LogP contribution in [-0.2, 0) is 4.74 Å². The summed E-state index contributed by atoms with van der Waals surface area (Å²) in [6.07, 6.45) is 6.70. The maximum atomic E-state index is 13.0. The van der Waals surface area contributed by atoms with Crippen molar-refractivity contribution in [3.05, 3.63) is 53.6 Å². The summed E-state index contributed by atoms with van der Waals surface area (Å²) < 4.78 is 18.4. The van der Waals surface area contributed by atoms with Crippen LogP contribution >= 0.6 is 0 Å². The van der Waals surface area contributed by atoms with Crippen molar-refractivity contribution in [2.24, 2.45) is 0 Å². The maximum Gasteiger partial charge on any atom is 0.410 e. The fourth-order valence-corrected chi connectivity index (χ4v) is 3.10. The predicted molar refractivity (Wildman–Crippen MR) is 113 cm³/mol. The molecule has 1 N–H and O–H groups in total. The van der Waals surface area contributed by atoms with Gasteiger partial charge in [-0.1, -0.05) is 24.3 Å². The van der Waals surface area contributed by atoms with Crippen LogP contribution in [0, 0.1) is 5.82 Å². The van der Waals surface area contributed by atoms with Gasteiger partial charge in [0.1, 0.15) is 11.4 Å². The number of aliphatic hydroxyl groups is 1. The van der Waals surface area contributed by atoms with Crippen LogP contribution in [0.2, 0.25) is 0 Å². The van der Waals surface area contributed by atoms with Crippen molar-refractivity contribution in [1.29, 1.82) is 0 Å². The highest BCUT2D eigenvalue weighted by Gasteiger charge is 2.32. The van der Waals surface area contributed by atoms with Crippen molar-refractivity contribution >= 4 is 24.2 Å². The lowest BCUT2D eigenvalue weighted by Gasteiger charge is -2.40.